The van der Waals surface area contributed by atoms with E-state index in [0.29, 0.717) is 18.0 Å². The molecule has 1 amide bonds. The average molecular weight is 288 g/mol. The fourth-order valence-electron chi connectivity index (χ4n) is 1.76. The lowest BCUT2D eigenvalue weighted by Gasteiger charge is -2.08. The van der Waals surface area contributed by atoms with Gasteiger partial charge in [-0.2, -0.15) is 0 Å². The smallest absolute Gasteiger partial charge is 0.243 e. The van der Waals surface area contributed by atoms with Crippen LogP contribution in [0.5, 0.6) is 5.75 Å². The molecule has 2 aromatic rings. The number of amides is 1. The molecule has 0 spiro atoms. The second kappa shape index (κ2) is 7.28. The van der Waals surface area contributed by atoms with Crippen LogP contribution in [0.15, 0.2) is 48.5 Å². The van der Waals surface area contributed by atoms with Crippen molar-refractivity contribution in [3.63, 3.8) is 0 Å². The number of hydrogen-bond donors (Lipinski definition) is 2. The van der Waals surface area contributed by atoms with Crippen LogP contribution in [-0.4, -0.2) is 19.1 Å². The number of hydrogen-bond acceptors (Lipinski definition) is 3. The van der Waals surface area contributed by atoms with Crippen LogP contribution in [0.1, 0.15) is 6.92 Å². The maximum Gasteiger partial charge on any atom is 0.243 e. The van der Waals surface area contributed by atoms with Crippen LogP contribution in [-0.2, 0) is 4.79 Å². The monoisotopic (exact) mass is 288 g/mol. The first-order chi connectivity index (χ1) is 10.2. The van der Waals surface area contributed by atoms with Crippen LogP contribution in [0.4, 0.5) is 15.8 Å². The van der Waals surface area contributed by atoms with Crippen LogP contribution < -0.4 is 15.4 Å². The zero-order chi connectivity index (χ0) is 15.1. The Balaban J connectivity index is 1.82. The summed E-state index contributed by atoms with van der Waals surface area (Å²) in [5.74, 6) is 0.280. The second-order valence-corrected chi connectivity index (χ2v) is 4.37. The minimum atomic E-state index is -0.306. The Morgan fingerprint density at radius 1 is 1.05 bits per heavy atom. The van der Waals surface area contributed by atoms with Gasteiger partial charge in [0.1, 0.15) is 11.6 Å². The van der Waals surface area contributed by atoms with Crippen molar-refractivity contribution in [2.45, 2.75) is 6.92 Å². The zero-order valence-corrected chi connectivity index (χ0v) is 11.7. The average Bonchev–Trinajstić information content (AvgIpc) is 2.49. The van der Waals surface area contributed by atoms with Crippen molar-refractivity contribution in [1.29, 1.82) is 0 Å². The lowest BCUT2D eigenvalue weighted by molar-refractivity contribution is -0.114. The van der Waals surface area contributed by atoms with Gasteiger partial charge in [-0.1, -0.05) is 0 Å². The molecule has 2 aromatic carbocycles. The molecule has 0 unspecified atom stereocenters. The molecule has 0 aliphatic carbocycles. The maximum atomic E-state index is 12.7. The highest BCUT2D eigenvalue weighted by molar-refractivity contribution is 5.93. The Bertz CT molecular complexity index is 582. The minimum Gasteiger partial charge on any atom is -0.494 e. The van der Waals surface area contributed by atoms with Gasteiger partial charge in [0.15, 0.2) is 0 Å². The summed E-state index contributed by atoms with van der Waals surface area (Å²) >= 11 is 0. The van der Waals surface area contributed by atoms with Crippen LogP contribution >= 0.6 is 0 Å². The van der Waals surface area contributed by atoms with E-state index in [1.807, 2.05) is 6.92 Å². The van der Waals surface area contributed by atoms with Gasteiger partial charge in [-0.15, -0.1) is 0 Å². The van der Waals surface area contributed by atoms with Crippen LogP contribution in [0.3, 0.4) is 0 Å². The van der Waals surface area contributed by atoms with Gasteiger partial charge in [-0.3, -0.25) is 4.79 Å². The summed E-state index contributed by atoms with van der Waals surface area (Å²) in [6.45, 7) is 2.63. The third-order valence-corrected chi connectivity index (χ3v) is 2.75. The molecule has 5 heteroatoms. The normalized spacial score (nSPS) is 10.0. The van der Waals surface area contributed by atoms with Gasteiger partial charge in [0.05, 0.1) is 13.2 Å². The second-order valence-electron chi connectivity index (χ2n) is 4.37. The van der Waals surface area contributed by atoms with Gasteiger partial charge in [0.25, 0.3) is 0 Å². The lowest BCUT2D eigenvalue weighted by atomic mass is 10.3. The number of carbonyl (C=O) groups excluding carboxylic acids is 1. The number of anilines is 2. The van der Waals surface area contributed by atoms with Crippen molar-refractivity contribution in [1.82, 2.24) is 0 Å². The molecule has 0 radical (unpaired) electrons. The summed E-state index contributed by atoms with van der Waals surface area (Å²) in [5.41, 5.74) is 1.39. The van der Waals surface area contributed by atoms with Crippen LogP contribution in [0.25, 0.3) is 0 Å². The molecular formula is C16H17FN2O2. The van der Waals surface area contributed by atoms with Gasteiger partial charge in [-0.05, 0) is 55.5 Å². The van der Waals surface area contributed by atoms with Crippen molar-refractivity contribution in [2.75, 3.05) is 23.8 Å². The lowest BCUT2D eigenvalue weighted by Crippen LogP contribution is -2.21. The number of halogens is 1. The summed E-state index contributed by atoms with van der Waals surface area (Å²) in [4.78, 5) is 11.8. The molecule has 2 N–H and O–H groups in total. The van der Waals surface area contributed by atoms with Crippen molar-refractivity contribution < 1.29 is 13.9 Å². The fraction of sp³-hybridized carbons (Fsp3) is 0.188. The molecule has 0 aliphatic heterocycles. The molecule has 110 valence electrons. The number of rotatable bonds is 6. The highest BCUT2D eigenvalue weighted by Gasteiger charge is 2.03. The first kappa shape index (κ1) is 14.8. The standard InChI is InChI=1S/C16H17FN2O2/c1-2-21-15-9-7-14(8-10-15)19-16(20)11-18-13-5-3-12(17)4-6-13/h3-10,18H,2,11H2,1H3,(H,19,20). The summed E-state index contributed by atoms with van der Waals surface area (Å²) in [5, 5.41) is 5.68. The SMILES string of the molecule is CCOc1ccc(NC(=O)CNc2ccc(F)cc2)cc1. The summed E-state index contributed by atoms with van der Waals surface area (Å²) in [7, 11) is 0. The molecule has 0 bridgehead atoms. The molecule has 0 aromatic heterocycles. The maximum absolute atomic E-state index is 12.7. The van der Waals surface area contributed by atoms with E-state index in [-0.39, 0.29) is 18.3 Å². The topological polar surface area (TPSA) is 50.4 Å². The highest BCUT2D eigenvalue weighted by atomic mass is 19.1. The van der Waals surface area contributed by atoms with Crippen molar-refractivity contribution in [3.8, 4) is 5.75 Å². The molecule has 0 atom stereocenters. The summed E-state index contributed by atoms with van der Waals surface area (Å²) in [6.07, 6.45) is 0. The van der Waals surface area contributed by atoms with Gasteiger partial charge in [-0.25, -0.2) is 4.39 Å². The highest BCUT2D eigenvalue weighted by Crippen LogP contribution is 2.15. The Morgan fingerprint density at radius 3 is 2.29 bits per heavy atom. The first-order valence-corrected chi connectivity index (χ1v) is 6.69. The predicted molar refractivity (Wildman–Crippen MR) is 81.1 cm³/mol. The molecule has 4 nitrogen and oxygen atoms in total. The number of nitrogens with one attached hydrogen (secondary N) is 2. The van der Waals surface area contributed by atoms with Gasteiger partial charge < -0.3 is 15.4 Å². The number of ether oxygens (including phenoxy) is 1. The molecule has 21 heavy (non-hydrogen) atoms. The van der Waals surface area contributed by atoms with E-state index >= 15 is 0 Å². The van der Waals surface area contributed by atoms with Crippen molar-refractivity contribution in [3.05, 3.63) is 54.3 Å². The number of benzene rings is 2. The van der Waals surface area contributed by atoms with E-state index in [0.717, 1.165) is 5.75 Å². The Labute approximate surface area is 122 Å². The zero-order valence-electron chi connectivity index (χ0n) is 11.7. The molecule has 0 saturated heterocycles. The third kappa shape index (κ3) is 4.80. The van der Waals surface area contributed by atoms with Crippen LogP contribution in [0.2, 0.25) is 0 Å². The van der Waals surface area contributed by atoms with E-state index in [1.54, 1.807) is 36.4 Å². The molecule has 0 heterocycles. The van der Waals surface area contributed by atoms with Crippen molar-refractivity contribution >= 4 is 17.3 Å². The number of carbonyl (C=O) groups is 1. The third-order valence-electron chi connectivity index (χ3n) is 2.75. The van der Waals surface area contributed by atoms with Gasteiger partial charge in [0, 0.05) is 11.4 Å². The first-order valence-electron chi connectivity index (χ1n) is 6.69. The van der Waals surface area contributed by atoms with Crippen molar-refractivity contribution in [2.24, 2.45) is 0 Å². The van der Waals surface area contributed by atoms with E-state index in [1.165, 1.54) is 12.1 Å². The molecule has 0 saturated carbocycles. The van der Waals surface area contributed by atoms with E-state index in [9.17, 15) is 9.18 Å². The minimum absolute atomic E-state index is 0.110. The molecule has 2 rings (SSSR count). The Morgan fingerprint density at radius 2 is 1.67 bits per heavy atom. The summed E-state index contributed by atoms with van der Waals surface area (Å²) in [6, 6.07) is 13.0. The fourth-order valence-corrected chi connectivity index (χ4v) is 1.76. The predicted octanol–water partition coefficient (Wildman–Crippen LogP) is 3.28. The molecule has 0 fully saturated rings. The van der Waals surface area contributed by atoms with Crippen LogP contribution in [0, 0.1) is 5.82 Å². The van der Waals surface area contributed by atoms with Gasteiger partial charge in [0.2, 0.25) is 5.91 Å². The largest absolute Gasteiger partial charge is 0.494 e. The molecule has 0 aliphatic rings. The summed E-state index contributed by atoms with van der Waals surface area (Å²) < 4.78 is 18.1. The van der Waals surface area contributed by atoms with E-state index in [4.69, 9.17) is 4.74 Å². The Hall–Kier alpha value is -2.56. The van der Waals surface area contributed by atoms with E-state index in [2.05, 4.69) is 10.6 Å². The Kier molecular flexibility index (Phi) is 5.15. The van der Waals surface area contributed by atoms with Gasteiger partial charge >= 0.3 is 0 Å². The quantitative estimate of drug-likeness (QED) is 0.857. The molecular weight excluding hydrogens is 271 g/mol. The van der Waals surface area contributed by atoms with E-state index < -0.39 is 0 Å².